The van der Waals surface area contributed by atoms with Gasteiger partial charge in [-0.05, 0) is 23.9 Å². The molecule has 3 nitrogen and oxygen atoms in total. The topological polar surface area (TPSA) is 51.8 Å². The van der Waals surface area contributed by atoms with E-state index in [0.29, 0.717) is 5.82 Å². The Morgan fingerprint density at radius 2 is 2.15 bits per heavy atom. The Hall–Kier alpha value is -1.42. The van der Waals surface area contributed by atoms with Crippen molar-refractivity contribution in [2.75, 3.05) is 5.73 Å². The smallest absolute Gasteiger partial charge is 0.141 e. The molecule has 0 unspecified atom stereocenters. The number of aromatic nitrogens is 2. The Bertz CT molecular complexity index is 405. The standard InChI is InChI=1S/C9H9N3S/c1-6-2-3-13-9(6)7-4-12-8(10)5-11-7/h2-5H,1H3,(H2,10,12). The molecule has 2 heterocycles. The highest BCUT2D eigenvalue weighted by Crippen LogP contribution is 2.26. The maximum absolute atomic E-state index is 5.45. The van der Waals surface area contributed by atoms with Gasteiger partial charge in [-0.3, -0.25) is 0 Å². The Morgan fingerprint density at radius 3 is 2.69 bits per heavy atom. The Kier molecular flexibility index (Phi) is 1.98. The van der Waals surface area contributed by atoms with Crippen LogP contribution in [-0.2, 0) is 0 Å². The van der Waals surface area contributed by atoms with E-state index in [1.807, 2.05) is 5.38 Å². The van der Waals surface area contributed by atoms with Crippen LogP contribution in [0.15, 0.2) is 23.8 Å². The second kappa shape index (κ2) is 3.14. The van der Waals surface area contributed by atoms with Crippen LogP contribution >= 0.6 is 11.3 Å². The van der Waals surface area contributed by atoms with Crippen LogP contribution < -0.4 is 5.73 Å². The molecule has 0 radical (unpaired) electrons. The highest BCUT2D eigenvalue weighted by atomic mass is 32.1. The summed E-state index contributed by atoms with van der Waals surface area (Å²) in [7, 11) is 0. The fourth-order valence-corrected chi connectivity index (χ4v) is 1.98. The van der Waals surface area contributed by atoms with Crippen LogP contribution in [0.3, 0.4) is 0 Å². The maximum atomic E-state index is 5.45. The van der Waals surface area contributed by atoms with Crippen LogP contribution in [0.5, 0.6) is 0 Å². The van der Waals surface area contributed by atoms with Crippen LogP contribution in [-0.4, -0.2) is 9.97 Å². The summed E-state index contributed by atoms with van der Waals surface area (Å²) in [5.41, 5.74) is 7.56. The van der Waals surface area contributed by atoms with Crippen molar-refractivity contribution >= 4 is 17.2 Å². The first-order valence-electron chi connectivity index (χ1n) is 3.89. The molecule has 0 saturated carbocycles. The monoisotopic (exact) mass is 191 g/mol. The predicted octanol–water partition coefficient (Wildman–Crippen LogP) is 2.10. The van der Waals surface area contributed by atoms with Gasteiger partial charge in [0.05, 0.1) is 23.0 Å². The number of rotatable bonds is 1. The van der Waals surface area contributed by atoms with E-state index in [-0.39, 0.29) is 0 Å². The van der Waals surface area contributed by atoms with Crippen molar-refractivity contribution in [2.24, 2.45) is 0 Å². The number of hydrogen-bond acceptors (Lipinski definition) is 4. The molecule has 66 valence electrons. The molecule has 2 rings (SSSR count). The molecular formula is C9H9N3S. The number of nitrogen functional groups attached to an aromatic ring is 1. The van der Waals surface area contributed by atoms with E-state index in [4.69, 9.17) is 5.73 Å². The summed E-state index contributed by atoms with van der Waals surface area (Å²) in [6, 6.07) is 2.07. The first-order chi connectivity index (χ1) is 6.27. The summed E-state index contributed by atoms with van der Waals surface area (Å²) in [5.74, 6) is 0.456. The summed E-state index contributed by atoms with van der Waals surface area (Å²) in [4.78, 5) is 9.36. The lowest BCUT2D eigenvalue weighted by Gasteiger charge is -1.97. The van der Waals surface area contributed by atoms with Crippen LogP contribution in [0, 0.1) is 6.92 Å². The van der Waals surface area contributed by atoms with Crippen LogP contribution in [0.1, 0.15) is 5.56 Å². The normalized spacial score (nSPS) is 10.2. The zero-order chi connectivity index (χ0) is 9.26. The quantitative estimate of drug-likeness (QED) is 0.751. The van der Waals surface area contributed by atoms with E-state index < -0.39 is 0 Å². The molecule has 0 atom stereocenters. The third-order valence-electron chi connectivity index (χ3n) is 1.77. The minimum atomic E-state index is 0.456. The number of anilines is 1. The Morgan fingerprint density at radius 1 is 1.31 bits per heavy atom. The number of thiophene rings is 1. The van der Waals surface area contributed by atoms with Crippen molar-refractivity contribution in [1.29, 1.82) is 0 Å². The molecule has 0 fully saturated rings. The predicted molar refractivity (Wildman–Crippen MR) is 54.5 cm³/mol. The largest absolute Gasteiger partial charge is 0.382 e. The van der Waals surface area contributed by atoms with Crippen LogP contribution in [0.2, 0.25) is 0 Å². The van der Waals surface area contributed by atoms with Gasteiger partial charge < -0.3 is 5.73 Å². The van der Waals surface area contributed by atoms with Crippen molar-refractivity contribution in [3.63, 3.8) is 0 Å². The van der Waals surface area contributed by atoms with Crippen molar-refractivity contribution in [3.05, 3.63) is 29.4 Å². The molecule has 0 spiro atoms. The number of nitrogens with two attached hydrogens (primary N) is 1. The van der Waals surface area contributed by atoms with E-state index in [2.05, 4.69) is 23.0 Å². The van der Waals surface area contributed by atoms with Gasteiger partial charge >= 0.3 is 0 Å². The second-order valence-electron chi connectivity index (χ2n) is 2.76. The minimum Gasteiger partial charge on any atom is -0.382 e. The van der Waals surface area contributed by atoms with Gasteiger partial charge in [0.1, 0.15) is 5.82 Å². The third-order valence-corrected chi connectivity index (χ3v) is 2.81. The molecule has 0 aliphatic heterocycles. The van der Waals surface area contributed by atoms with Gasteiger partial charge in [-0.25, -0.2) is 9.97 Å². The molecule has 0 bridgehead atoms. The molecule has 13 heavy (non-hydrogen) atoms. The minimum absolute atomic E-state index is 0.456. The summed E-state index contributed by atoms with van der Waals surface area (Å²) >= 11 is 1.67. The van der Waals surface area contributed by atoms with Gasteiger partial charge in [0.25, 0.3) is 0 Å². The highest BCUT2D eigenvalue weighted by molar-refractivity contribution is 7.13. The fourth-order valence-electron chi connectivity index (χ4n) is 1.09. The van der Waals surface area contributed by atoms with Gasteiger partial charge in [0.15, 0.2) is 0 Å². The van der Waals surface area contributed by atoms with Crippen molar-refractivity contribution < 1.29 is 0 Å². The maximum Gasteiger partial charge on any atom is 0.141 e. The van der Waals surface area contributed by atoms with E-state index >= 15 is 0 Å². The van der Waals surface area contributed by atoms with Crippen molar-refractivity contribution in [1.82, 2.24) is 9.97 Å². The van der Waals surface area contributed by atoms with Crippen molar-refractivity contribution in [2.45, 2.75) is 6.92 Å². The van der Waals surface area contributed by atoms with Gasteiger partial charge in [0, 0.05) is 0 Å². The van der Waals surface area contributed by atoms with Gasteiger partial charge in [-0.2, -0.15) is 0 Å². The van der Waals surface area contributed by atoms with Crippen LogP contribution in [0.4, 0.5) is 5.82 Å². The number of nitrogens with zero attached hydrogens (tertiary/aromatic N) is 2. The zero-order valence-corrected chi connectivity index (χ0v) is 8.01. The highest BCUT2D eigenvalue weighted by Gasteiger charge is 2.04. The van der Waals surface area contributed by atoms with Gasteiger partial charge in [-0.15, -0.1) is 11.3 Å². The van der Waals surface area contributed by atoms with Gasteiger partial charge in [0.2, 0.25) is 0 Å². The summed E-state index contributed by atoms with van der Waals surface area (Å²) < 4.78 is 0. The average Bonchev–Trinajstić information content (AvgIpc) is 2.53. The molecular weight excluding hydrogens is 182 g/mol. The average molecular weight is 191 g/mol. The first kappa shape index (κ1) is 8.19. The van der Waals surface area contributed by atoms with E-state index in [9.17, 15) is 0 Å². The summed E-state index contributed by atoms with van der Waals surface area (Å²) in [6.45, 7) is 2.06. The zero-order valence-electron chi connectivity index (χ0n) is 7.19. The molecule has 0 aromatic carbocycles. The van der Waals surface area contributed by atoms with Crippen LogP contribution in [0.25, 0.3) is 10.6 Å². The molecule has 0 aliphatic carbocycles. The fraction of sp³-hybridized carbons (Fsp3) is 0.111. The summed E-state index contributed by atoms with van der Waals surface area (Å²) in [5, 5.41) is 2.04. The number of hydrogen-bond donors (Lipinski definition) is 1. The molecule has 4 heteroatoms. The van der Waals surface area contributed by atoms with E-state index in [0.717, 1.165) is 10.6 Å². The molecule has 2 aromatic heterocycles. The number of aryl methyl sites for hydroxylation is 1. The first-order valence-corrected chi connectivity index (χ1v) is 4.77. The molecule has 0 amide bonds. The molecule has 2 aromatic rings. The van der Waals surface area contributed by atoms with Crippen molar-refractivity contribution in [3.8, 4) is 10.6 Å². The van der Waals surface area contributed by atoms with E-state index in [1.165, 1.54) is 5.56 Å². The lowest BCUT2D eigenvalue weighted by Crippen LogP contribution is -1.91. The Balaban J connectivity index is 2.47. The third kappa shape index (κ3) is 1.53. The second-order valence-corrected chi connectivity index (χ2v) is 3.68. The Labute approximate surface area is 80.3 Å². The molecule has 0 aliphatic rings. The SMILES string of the molecule is Cc1ccsc1-c1cnc(N)cn1. The molecule has 0 saturated heterocycles. The van der Waals surface area contributed by atoms with E-state index in [1.54, 1.807) is 23.7 Å². The summed E-state index contributed by atoms with van der Waals surface area (Å²) in [6.07, 6.45) is 3.28. The van der Waals surface area contributed by atoms with Gasteiger partial charge in [-0.1, -0.05) is 0 Å². The lowest BCUT2D eigenvalue weighted by atomic mass is 10.2. The molecule has 2 N–H and O–H groups in total. The lowest BCUT2D eigenvalue weighted by molar-refractivity contribution is 1.22.